The van der Waals surface area contributed by atoms with Crippen LogP contribution in [0, 0.1) is 5.41 Å². The van der Waals surface area contributed by atoms with Crippen molar-refractivity contribution in [2.24, 2.45) is 0 Å². The Morgan fingerprint density at radius 2 is 1.53 bits per heavy atom. The van der Waals surface area contributed by atoms with E-state index in [2.05, 4.69) is 29.2 Å². The Kier molecular flexibility index (Phi) is 3.86. The second kappa shape index (κ2) is 5.77. The fraction of sp³-hybridized carbons (Fsp3) is 0.588. The molecule has 0 bridgehead atoms. The van der Waals surface area contributed by atoms with Gasteiger partial charge in [0.2, 0.25) is 0 Å². The van der Waals surface area contributed by atoms with Crippen LogP contribution in [0.25, 0.3) is 0 Å². The molecule has 2 aliphatic rings. The van der Waals surface area contributed by atoms with Crippen LogP contribution in [0.15, 0.2) is 24.3 Å². The predicted molar refractivity (Wildman–Crippen MR) is 79.9 cm³/mol. The van der Waals surface area contributed by atoms with Crippen LogP contribution in [-0.2, 0) is 0 Å². The first-order chi connectivity index (χ1) is 9.34. The normalized spacial score (nSPS) is 20.7. The minimum atomic E-state index is 0.715. The Balaban J connectivity index is 1.69. The molecule has 1 aliphatic heterocycles. The molecular weight excluding hydrogens is 232 g/mol. The van der Waals surface area contributed by atoms with E-state index in [1.807, 2.05) is 0 Å². The van der Waals surface area contributed by atoms with Crippen LogP contribution in [0.5, 0.6) is 0 Å². The largest absolute Gasteiger partial charge is 0.357 e. The first-order valence-electron chi connectivity index (χ1n) is 7.78. The highest BCUT2D eigenvalue weighted by atomic mass is 15.2. The Hall–Kier alpha value is -1.31. The number of likely N-dealkylation sites (tertiary alicyclic amines) is 1. The van der Waals surface area contributed by atoms with Gasteiger partial charge in [0, 0.05) is 18.7 Å². The van der Waals surface area contributed by atoms with Gasteiger partial charge in [-0.1, -0.05) is 43.5 Å². The molecule has 1 N–H and O–H groups in total. The van der Waals surface area contributed by atoms with Gasteiger partial charge in [-0.25, -0.2) is 0 Å². The van der Waals surface area contributed by atoms with Gasteiger partial charge >= 0.3 is 0 Å². The molecule has 3 rings (SSSR count). The Bertz CT molecular complexity index is 423. The van der Waals surface area contributed by atoms with Crippen molar-refractivity contribution in [1.29, 1.82) is 5.41 Å². The van der Waals surface area contributed by atoms with Crippen molar-refractivity contribution in [2.45, 2.75) is 50.9 Å². The number of benzene rings is 1. The lowest BCUT2D eigenvalue weighted by Gasteiger charge is -2.23. The highest BCUT2D eigenvalue weighted by molar-refractivity contribution is 5.96. The fourth-order valence-corrected chi connectivity index (χ4v) is 3.47. The van der Waals surface area contributed by atoms with E-state index in [0.717, 1.165) is 24.6 Å². The molecule has 2 fully saturated rings. The van der Waals surface area contributed by atoms with Gasteiger partial charge in [0.05, 0.1) is 0 Å². The van der Waals surface area contributed by atoms with Crippen molar-refractivity contribution in [3.05, 3.63) is 35.4 Å². The van der Waals surface area contributed by atoms with Crippen molar-refractivity contribution in [1.82, 2.24) is 4.90 Å². The maximum Gasteiger partial charge on any atom is 0.128 e. The summed E-state index contributed by atoms with van der Waals surface area (Å²) >= 11 is 0. The molecule has 2 heteroatoms. The SMILES string of the molecule is N=C(c1ccc(C2CCCCC2)cc1)N1CCCC1. The Morgan fingerprint density at radius 3 is 2.16 bits per heavy atom. The Morgan fingerprint density at radius 1 is 0.895 bits per heavy atom. The van der Waals surface area contributed by atoms with Gasteiger partial charge in [0.25, 0.3) is 0 Å². The molecule has 2 nitrogen and oxygen atoms in total. The molecule has 0 amide bonds. The quantitative estimate of drug-likeness (QED) is 0.624. The third-order valence-corrected chi connectivity index (χ3v) is 4.68. The second-order valence-corrected chi connectivity index (χ2v) is 6.00. The van der Waals surface area contributed by atoms with Crippen molar-refractivity contribution in [3.63, 3.8) is 0 Å². The van der Waals surface area contributed by atoms with Crippen LogP contribution in [-0.4, -0.2) is 23.8 Å². The summed E-state index contributed by atoms with van der Waals surface area (Å²) in [5, 5.41) is 8.27. The number of hydrogen-bond donors (Lipinski definition) is 1. The highest BCUT2D eigenvalue weighted by Gasteiger charge is 2.18. The number of nitrogens with zero attached hydrogens (tertiary/aromatic N) is 1. The van der Waals surface area contributed by atoms with Crippen molar-refractivity contribution < 1.29 is 0 Å². The van der Waals surface area contributed by atoms with Crippen LogP contribution >= 0.6 is 0 Å². The van der Waals surface area contributed by atoms with Gasteiger partial charge in [0.1, 0.15) is 5.84 Å². The molecule has 1 saturated heterocycles. The van der Waals surface area contributed by atoms with E-state index in [1.165, 1.54) is 50.5 Å². The zero-order chi connectivity index (χ0) is 13.1. The average molecular weight is 256 g/mol. The summed E-state index contributed by atoms with van der Waals surface area (Å²) in [6.07, 6.45) is 9.36. The predicted octanol–water partition coefficient (Wildman–Crippen LogP) is 4.16. The van der Waals surface area contributed by atoms with E-state index < -0.39 is 0 Å². The summed E-state index contributed by atoms with van der Waals surface area (Å²) in [6.45, 7) is 2.12. The van der Waals surface area contributed by atoms with Gasteiger partial charge < -0.3 is 4.90 Å². The van der Waals surface area contributed by atoms with Gasteiger partial charge in [-0.3, -0.25) is 5.41 Å². The highest BCUT2D eigenvalue weighted by Crippen LogP contribution is 2.32. The summed E-state index contributed by atoms with van der Waals surface area (Å²) in [6, 6.07) is 8.83. The number of hydrogen-bond acceptors (Lipinski definition) is 1. The fourth-order valence-electron chi connectivity index (χ4n) is 3.47. The lowest BCUT2D eigenvalue weighted by molar-refractivity contribution is 0.443. The molecule has 1 heterocycles. The summed E-state index contributed by atoms with van der Waals surface area (Å²) in [7, 11) is 0. The van der Waals surface area contributed by atoms with Gasteiger partial charge in [-0.2, -0.15) is 0 Å². The topological polar surface area (TPSA) is 27.1 Å². The molecule has 0 atom stereocenters. The molecule has 1 aliphatic carbocycles. The average Bonchev–Trinajstić information content (AvgIpc) is 3.02. The second-order valence-electron chi connectivity index (χ2n) is 6.00. The van der Waals surface area contributed by atoms with Crippen molar-refractivity contribution in [2.75, 3.05) is 13.1 Å². The Labute approximate surface area is 116 Å². The van der Waals surface area contributed by atoms with E-state index in [1.54, 1.807) is 0 Å². The summed E-state index contributed by atoms with van der Waals surface area (Å²) in [4.78, 5) is 2.20. The maximum absolute atomic E-state index is 8.27. The molecule has 1 saturated carbocycles. The monoisotopic (exact) mass is 256 g/mol. The number of nitrogens with one attached hydrogen (secondary N) is 1. The molecule has 0 unspecified atom stereocenters. The van der Waals surface area contributed by atoms with Gasteiger partial charge in [0.15, 0.2) is 0 Å². The molecule has 0 aromatic heterocycles. The third kappa shape index (κ3) is 2.83. The van der Waals surface area contributed by atoms with Crippen molar-refractivity contribution >= 4 is 5.84 Å². The standard InChI is InChI=1S/C17H24N2/c18-17(19-12-4-5-13-19)16-10-8-15(9-11-16)14-6-2-1-3-7-14/h8-11,14,18H,1-7,12-13H2. The minimum absolute atomic E-state index is 0.715. The third-order valence-electron chi connectivity index (χ3n) is 4.68. The first kappa shape index (κ1) is 12.7. The smallest absolute Gasteiger partial charge is 0.128 e. The van der Waals surface area contributed by atoms with Crippen LogP contribution < -0.4 is 0 Å². The molecule has 19 heavy (non-hydrogen) atoms. The summed E-state index contributed by atoms with van der Waals surface area (Å²) < 4.78 is 0. The number of amidine groups is 1. The first-order valence-corrected chi connectivity index (χ1v) is 7.78. The minimum Gasteiger partial charge on any atom is -0.357 e. The lowest BCUT2D eigenvalue weighted by atomic mass is 9.84. The lowest BCUT2D eigenvalue weighted by Crippen LogP contribution is -2.27. The zero-order valence-corrected chi connectivity index (χ0v) is 11.7. The maximum atomic E-state index is 8.27. The molecular formula is C17H24N2. The van der Waals surface area contributed by atoms with Crippen LogP contribution in [0.1, 0.15) is 62.0 Å². The summed E-state index contributed by atoms with van der Waals surface area (Å²) in [5.41, 5.74) is 2.57. The van der Waals surface area contributed by atoms with E-state index in [-0.39, 0.29) is 0 Å². The molecule has 0 spiro atoms. The van der Waals surface area contributed by atoms with Crippen LogP contribution in [0.3, 0.4) is 0 Å². The van der Waals surface area contributed by atoms with E-state index in [0.29, 0.717) is 5.84 Å². The zero-order valence-electron chi connectivity index (χ0n) is 11.7. The van der Waals surface area contributed by atoms with E-state index in [4.69, 9.17) is 5.41 Å². The molecule has 102 valence electrons. The van der Waals surface area contributed by atoms with Crippen molar-refractivity contribution in [3.8, 4) is 0 Å². The number of rotatable bonds is 2. The van der Waals surface area contributed by atoms with Crippen LogP contribution in [0.4, 0.5) is 0 Å². The van der Waals surface area contributed by atoms with Crippen LogP contribution in [0.2, 0.25) is 0 Å². The van der Waals surface area contributed by atoms with E-state index >= 15 is 0 Å². The summed E-state index contributed by atoms with van der Waals surface area (Å²) in [5.74, 6) is 1.48. The van der Waals surface area contributed by atoms with E-state index in [9.17, 15) is 0 Å². The molecule has 1 aromatic rings. The molecule has 0 radical (unpaired) electrons. The molecule has 1 aromatic carbocycles. The van der Waals surface area contributed by atoms with Gasteiger partial charge in [-0.15, -0.1) is 0 Å². The van der Waals surface area contributed by atoms with Gasteiger partial charge in [-0.05, 0) is 37.2 Å².